The molecule has 1 amide bonds. The number of benzene rings is 2. The molecule has 0 aliphatic carbocycles. The van der Waals surface area contributed by atoms with Crippen LogP contribution in [0.3, 0.4) is 0 Å². The lowest BCUT2D eigenvalue weighted by molar-refractivity contribution is -0.123. The number of amides is 1. The summed E-state index contributed by atoms with van der Waals surface area (Å²) in [5.41, 5.74) is 3.65. The van der Waals surface area contributed by atoms with Gasteiger partial charge < -0.3 is 14.6 Å². The maximum atomic E-state index is 11.8. The van der Waals surface area contributed by atoms with Crippen molar-refractivity contribution in [1.82, 2.24) is 5.43 Å². The van der Waals surface area contributed by atoms with E-state index in [9.17, 15) is 9.90 Å². The minimum atomic E-state index is -0.427. The highest BCUT2D eigenvalue weighted by Gasteiger charge is 2.09. The number of aromatic hydroxyl groups is 1. The van der Waals surface area contributed by atoms with Crippen LogP contribution in [-0.2, 0) is 4.79 Å². The van der Waals surface area contributed by atoms with Gasteiger partial charge in [0.15, 0.2) is 18.1 Å². The van der Waals surface area contributed by atoms with Gasteiger partial charge in [0, 0.05) is 14.2 Å². The standard InChI is InChI=1S/C18H18ClIN2O4/c1-3-25-16-8-13(20)7-12(18(16)24)9-21-22-17(23)10-26-14-4-5-15(19)11(2)6-14/h4-9,24H,3,10H2,1-2H3,(H,22,23). The van der Waals surface area contributed by atoms with E-state index >= 15 is 0 Å². The fourth-order valence-corrected chi connectivity index (χ4v) is 2.76. The van der Waals surface area contributed by atoms with Crippen molar-refractivity contribution in [1.29, 1.82) is 0 Å². The lowest BCUT2D eigenvalue weighted by atomic mass is 10.2. The number of carbonyl (C=O) groups excluding carboxylic acids is 1. The van der Waals surface area contributed by atoms with Crippen molar-refractivity contribution in [3.63, 3.8) is 0 Å². The van der Waals surface area contributed by atoms with Crippen molar-refractivity contribution in [2.75, 3.05) is 13.2 Å². The number of halogens is 2. The fourth-order valence-electron chi connectivity index (χ4n) is 2.02. The van der Waals surface area contributed by atoms with Gasteiger partial charge in [0.1, 0.15) is 5.75 Å². The Balaban J connectivity index is 1.93. The molecule has 0 atom stereocenters. The molecule has 0 radical (unpaired) electrons. The maximum Gasteiger partial charge on any atom is 0.277 e. The summed E-state index contributed by atoms with van der Waals surface area (Å²) in [7, 11) is 0. The third-order valence-corrected chi connectivity index (χ3v) is 4.31. The molecule has 0 saturated carbocycles. The summed E-state index contributed by atoms with van der Waals surface area (Å²) < 4.78 is 11.6. The molecular weight excluding hydrogens is 471 g/mol. The van der Waals surface area contributed by atoms with Gasteiger partial charge in [-0.1, -0.05) is 11.6 Å². The molecule has 2 aromatic rings. The van der Waals surface area contributed by atoms with Gasteiger partial charge in [-0.3, -0.25) is 4.79 Å². The molecule has 0 spiro atoms. The van der Waals surface area contributed by atoms with E-state index in [1.807, 2.05) is 13.8 Å². The molecule has 2 N–H and O–H groups in total. The number of phenols is 1. The van der Waals surface area contributed by atoms with E-state index in [2.05, 4.69) is 33.1 Å². The largest absolute Gasteiger partial charge is 0.504 e. The predicted molar refractivity (Wildman–Crippen MR) is 109 cm³/mol. The highest BCUT2D eigenvalue weighted by atomic mass is 127. The molecule has 0 saturated heterocycles. The number of nitrogens with one attached hydrogen (secondary N) is 1. The van der Waals surface area contributed by atoms with E-state index in [1.54, 1.807) is 30.3 Å². The molecule has 138 valence electrons. The Kier molecular flexibility index (Phi) is 7.52. The first kappa shape index (κ1) is 20.3. The fraction of sp³-hybridized carbons (Fsp3) is 0.222. The Morgan fingerprint density at radius 3 is 2.81 bits per heavy atom. The van der Waals surface area contributed by atoms with Crippen molar-refractivity contribution in [2.45, 2.75) is 13.8 Å². The summed E-state index contributed by atoms with van der Waals surface area (Å²) in [6, 6.07) is 8.58. The van der Waals surface area contributed by atoms with Gasteiger partial charge in [-0.2, -0.15) is 5.10 Å². The average Bonchev–Trinajstić information content (AvgIpc) is 2.60. The van der Waals surface area contributed by atoms with Gasteiger partial charge in [-0.25, -0.2) is 5.43 Å². The van der Waals surface area contributed by atoms with E-state index < -0.39 is 5.91 Å². The monoisotopic (exact) mass is 488 g/mol. The molecule has 2 rings (SSSR count). The number of rotatable bonds is 7. The molecule has 0 fully saturated rings. The van der Waals surface area contributed by atoms with E-state index in [-0.39, 0.29) is 12.4 Å². The SMILES string of the molecule is CCOc1cc(I)cc(C=NNC(=O)COc2ccc(Cl)c(C)c2)c1O. The third-order valence-electron chi connectivity index (χ3n) is 3.26. The summed E-state index contributed by atoms with van der Waals surface area (Å²) in [6.07, 6.45) is 1.35. The van der Waals surface area contributed by atoms with Crippen molar-refractivity contribution >= 4 is 46.3 Å². The summed E-state index contributed by atoms with van der Waals surface area (Å²) in [5.74, 6) is 0.457. The summed E-state index contributed by atoms with van der Waals surface area (Å²) in [4.78, 5) is 11.8. The lowest BCUT2D eigenvalue weighted by Gasteiger charge is -2.09. The number of carbonyl (C=O) groups is 1. The van der Waals surface area contributed by atoms with E-state index in [0.717, 1.165) is 9.13 Å². The van der Waals surface area contributed by atoms with Crippen LogP contribution >= 0.6 is 34.2 Å². The van der Waals surface area contributed by atoms with E-state index in [1.165, 1.54) is 6.21 Å². The molecule has 0 heterocycles. The number of nitrogens with zero attached hydrogens (tertiary/aromatic N) is 1. The topological polar surface area (TPSA) is 80.2 Å². The molecule has 0 bridgehead atoms. The minimum absolute atomic E-state index is 0.0295. The second kappa shape index (κ2) is 9.63. The van der Waals surface area contributed by atoms with Gasteiger partial charge in [0.25, 0.3) is 5.91 Å². The highest BCUT2D eigenvalue weighted by Crippen LogP contribution is 2.31. The number of phenolic OH excluding ortho intramolecular Hbond substituents is 1. The summed E-state index contributed by atoms with van der Waals surface area (Å²) in [6.45, 7) is 3.92. The van der Waals surface area contributed by atoms with Crippen LogP contribution in [0, 0.1) is 10.5 Å². The van der Waals surface area contributed by atoms with Gasteiger partial charge in [-0.15, -0.1) is 0 Å². The number of ether oxygens (including phenoxy) is 2. The average molecular weight is 489 g/mol. The Bertz CT molecular complexity index is 827. The molecule has 2 aromatic carbocycles. The number of aryl methyl sites for hydroxylation is 1. The van der Waals surface area contributed by atoms with Gasteiger partial charge in [0.2, 0.25) is 0 Å². The smallest absolute Gasteiger partial charge is 0.277 e. The van der Waals surface area contributed by atoms with E-state index in [0.29, 0.717) is 28.7 Å². The Labute approximate surface area is 170 Å². The third kappa shape index (κ3) is 5.77. The zero-order valence-corrected chi connectivity index (χ0v) is 17.2. The van der Waals surface area contributed by atoms with Crippen LogP contribution in [0.1, 0.15) is 18.1 Å². The van der Waals surface area contributed by atoms with Gasteiger partial charge in [-0.05, 0) is 72.3 Å². The number of hydrogen-bond acceptors (Lipinski definition) is 5. The quantitative estimate of drug-likeness (QED) is 0.352. The molecule has 0 unspecified atom stereocenters. The van der Waals surface area contributed by atoms with Crippen LogP contribution < -0.4 is 14.9 Å². The second-order valence-corrected chi connectivity index (χ2v) is 6.92. The van der Waals surface area contributed by atoms with Crippen molar-refractivity contribution in [2.24, 2.45) is 5.10 Å². The van der Waals surface area contributed by atoms with Crippen LogP contribution in [-0.4, -0.2) is 30.4 Å². The molecule has 0 aliphatic heterocycles. The lowest BCUT2D eigenvalue weighted by Crippen LogP contribution is -2.24. The predicted octanol–water partition coefficient (Wildman–Crippen LogP) is 3.89. The Morgan fingerprint density at radius 2 is 2.12 bits per heavy atom. The van der Waals surface area contributed by atoms with Crippen LogP contribution in [0.5, 0.6) is 17.2 Å². The first-order chi connectivity index (χ1) is 12.4. The van der Waals surface area contributed by atoms with Crippen LogP contribution in [0.2, 0.25) is 5.02 Å². The van der Waals surface area contributed by atoms with Gasteiger partial charge >= 0.3 is 0 Å². The second-order valence-electron chi connectivity index (χ2n) is 5.27. The molecule has 0 aromatic heterocycles. The summed E-state index contributed by atoms with van der Waals surface area (Å²) >= 11 is 8.05. The van der Waals surface area contributed by atoms with E-state index in [4.69, 9.17) is 21.1 Å². The van der Waals surface area contributed by atoms with Crippen LogP contribution in [0.4, 0.5) is 0 Å². The van der Waals surface area contributed by atoms with Crippen molar-refractivity contribution in [3.05, 3.63) is 50.1 Å². The first-order valence-corrected chi connectivity index (χ1v) is 9.22. The minimum Gasteiger partial charge on any atom is -0.504 e. The van der Waals surface area contributed by atoms with Crippen LogP contribution in [0.25, 0.3) is 0 Å². The molecule has 0 aliphatic rings. The van der Waals surface area contributed by atoms with Crippen molar-refractivity contribution < 1.29 is 19.4 Å². The van der Waals surface area contributed by atoms with Crippen LogP contribution in [0.15, 0.2) is 35.4 Å². The molecular formula is C18H18ClIN2O4. The molecule has 8 heteroatoms. The number of hydrazone groups is 1. The maximum absolute atomic E-state index is 11.8. The summed E-state index contributed by atoms with van der Waals surface area (Å²) in [5, 5.41) is 14.6. The zero-order valence-electron chi connectivity index (χ0n) is 14.3. The Morgan fingerprint density at radius 1 is 1.35 bits per heavy atom. The first-order valence-electron chi connectivity index (χ1n) is 7.77. The van der Waals surface area contributed by atoms with Crippen molar-refractivity contribution in [3.8, 4) is 17.2 Å². The normalized spacial score (nSPS) is 10.8. The highest BCUT2D eigenvalue weighted by molar-refractivity contribution is 14.1. The molecule has 26 heavy (non-hydrogen) atoms. The Hall–Kier alpha value is -2.00. The molecule has 6 nitrogen and oxygen atoms in total. The zero-order chi connectivity index (χ0) is 19.1. The number of hydrogen-bond donors (Lipinski definition) is 2. The van der Waals surface area contributed by atoms with Gasteiger partial charge in [0.05, 0.1) is 12.8 Å².